The number of hydrogen-bond donors (Lipinski definition) is 1. The molecule has 0 saturated heterocycles. The van der Waals surface area contributed by atoms with E-state index < -0.39 is 0 Å². The second kappa shape index (κ2) is 3.70. The molecule has 0 atom stereocenters. The maximum Gasteiger partial charge on any atom is 0.202 e. The van der Waals surface area contributed by atoms with Gasteiger partial charge in [-0.2, -0.15) is 0 Å². The van der Waals surface area contributed by atoms with Crippen LogP contribution in [-0.4, -0.2) is 14.5 Å². The Morgan fingerprint density at radius 2 is 2.00 bits per heavy atom. The molecule has 2 saturated carbocycles. The number of rotatable bonds is 4. The largest absolute Gasteiger partial charge is 0.369 e. The van der Waals surface area contributed by atoms with Crippen molar-refractivity contribution in [3.8, 4) is 0 Å². The molecule has 4 rings (SSSR count). The Hall–Kier alpha value is -1.58. The van der Waals surface area contributed by atoms with E-state index in [0.29, 0.717) is 5.95 Å². The van der Waals surface area contributed by atoms with E-state index in [0.717, 1.165) is 35.5 Å². The summed E-state index contributed by atoms with van der Waals surface area (Å²) in [6.45, 7) is 1.01. The molecule has 2 aromatic heterocycles. The molecule has 0 aromatic carbocycles. The van der Waals surface area contributed by atoms with Gasteiger partial charge in [-0.1, -0.05) is 0 Å². The Labute approximate surface area is 106 Å². The van der Waals surface area contributed by atoms with E-state index in [1.807, 2.05) is 18.3 Å². The molecule has 94 valence electrons. The van der Waals surface area contributed by atoms with Gasteiger partial charge in [0.25, 0.3) is 0 Å². The monoisotopic (exact) mass is 242 g/mol. The van der Waals surface area contributed by atoms with Crippen molar-refractivity contribution in [1.82, 2.24) is 14.5 Å². The molecule has 0 radical (unpaired) electrons. The van der Waals surface area contributed by atoms with Crippen molar-refractivity contribution in [3.05, 3.63) is 18.3 Å². The summed E-state index contributed by atoms with van der Waals surface area (Å²) in [5.41, 5.74) is 7.92. The minimum absolute atomic E-state index is 0.620. The molecule has 2 aliphatic carbocycles. The molecule has 4 heteroatoms. The third kappa shape index (κ3) is 1.67. The average molecular weight is 242 g/mol. The lowest BCUT2D eigenvalue weighted by atomic mass is 9.98. The first-order chi connectivity index (χ1) is 8.83. The number of nitrogen functional groups attached to an aromatic ring is 1. The summed E-state index contributed by atoms with van der Waals surface area (Å²) in [6, 6.07) is 3.90. The Bertz CT molecular complexity index is 568. The maximum atomic E-state index is 6.05. The molecule has 2 N–H and O–H groups in total. The summed E-state index contributed by atoms with van der Waals surface area (Å²) in [5.74, 6) is 3.28. The van der Waals surface area contributed by atoms with Crippen molar-refractivity contribution in [1.29, 1.82) is 0 Å². The van der Waals surface area contributed by atoms with Gasteiger partial charge in [-0.15, -0.1) is 0 Å². The van der Waals surface area contributed by atoms with E-state index in [1.165, 1.54) is 25.7 Å². The molecule has 0 amide bonds. The lowest BCUT2D eigenvalue weighted by Crippen LogP contribution is -2.16. The van der Waals surface area contributed by atoms with E-state index >= 15 is 0 Å². The first-order valence-corrected chi connectivity index (χ1v) is 6.89. The van der Waals surface area contributed by atoms with E-state index in [4.69, 9.17) is 5.73 Å². The Morgan fingerprint density at radius 3 is 2.67 bits per heavy atom. The topological polar surface area (TPSA) is 56.7 Å². The number of aromatic nitrogens is 3. The predicted octanol–water partition coefficient (Wildman–Crippen LogP) is 2.45. The highest BCUT2D eigenvalue weighted by atomic mass is 15.2. The molecular formula is C14H18N4. The molecule has 2 aliphatic rings. The lowest BCUT2D eigenvalue weighted by molar-refractivity contribution is 0.354. The van der Waals surface area contributed by atoms with Crippen LogP contribution >= 0.6 is 0 Å². The van der Waals surface area contributed by atoms with E-state index in [2.05, 4.69) is 14.5 Å². The third-order valence-corrected chi connectivity index (χ3v) is 4.38. The van der Waals surface area contributed by atoms with Crippen molar-refractivity contribution in [3.63, 3.8) is 0 Å². The van der Waals surface area contributed by atoms with Crippen LogP contribution in [0.15, 0.2) is 18.3 Å². The molecule has 0 unspecified atom stereocenters. The van der Waals surface area contributed by atoms with Crippen LogP contribution in [0.25, 0.3) is 11.2 Å². The van der Waals surface area contributed by atoms with Crippen molar-refractivity contribution in [2.24, 2.45) is 17.8 Å². The fourth-order valence-electron chi connectivity index (χ4n) is 3.10. The smallest absolute Gasteiger partial charge is 0.202 e. The van der Waals surface area contributed by atoms with Gasteiger partial charge >= 0.3 is 0 Å². The van der Waals surface area contributed by atoms with Crippen LogP contribution in [0.4, 0.5) is 5.95 Å². The fourth-order valence-corrected chi connectivity index (χ4v) is 3.10. The third-order valence-electron chi connectivity index (χ3n) is 4.38. The lowest BCUT2D eigenvalue weighted by Gasteiger charge is -2.17. The number of nitrogens with two attached hydrogens (primary N) is 1. The van der Waals surface area contributed by atoms with Gasteiger partial charge in [0.1, 0.15) is 5.52 Å². The highest BCUT2D eigenvalue weighted by Gasteiger charge is 2.41. The van der Waals surface area contributed by atoms with Crippen molar-refractivity contribution in [2.75, 3.05) is 5.73 Å². The zero-order valence-electron chi connectivity index (χ0n) is 10.4. The number of anilines is 1. The van der Waals surface area contributed by atoms with Crippen molar-refractivity contribution >= 4 is 17.1 Å². The summed E-state index contributed by atoms with van der Waals surface area (Å²) >= 11 is 0. The minimum atomic E-state index is 0.620. The van der Waals surface area contributed by atoms with Crippen LogP contribution in [0.3, 0.4) is 0 Å². The minimum Gasteiger partial charge on any atom is -0.369 e. The Morgan fingerprint density at radius 1 is 1.28 bits per heavy atom. The van der Waals surface area contributed by atoms with Gasteiger partial charge in [0.2, 0.25) is 5.95 Å². The van der Waals surface area contributed by atoms with E-state index in [-0.39, 0.29) is 0 Å². The first kappa shape index (κ1) is 10.4. The molecule has 2 aromatic rings. The molecule has 2 fully saturated rings. The number of imidazole rings is 1. The average Bonchev–Trinajstić information content (AvgIpc) is 3.25. The second-order valence-corrected chi connectivity index (χ2v) is 5.77. The van der Waals surface area contributed by atoms with Crippen molar-refractivity contribution in [2.45, 2.75) is 32.2 Å². The quantitative estimate of drug-likeness (QED) is 0.896. The van der Waals surface area contributed by atoms with Gasteiger partial charge in [-0.25, -0.2) is 9.97 Å². The molecule has 4 nitrogen and oxygen atoms in total. The summed E-state index contributed by atoms with van der Waals surface area (Å²) < 4.78 is 2.12. The van der Waals surface area contributed by atoms with Crippen LogP contribution in [-0.2, 0) is 6.54 Å². The van der Waals surface area contributed by atoms with Crippen LogP contribution in [0.2, 0.25) is 0 Å². The van der Waals surface area contributed by atoms with Gasteiger partial charge in [-0.05, 0) is 55.6 Å². The standard InChI is InChI=1S/C14H18N4/c15-14-17-12-2-1-7-16-13(12)18(14)8-11(9-3-4-9)10-5-6-10/h1-2,7,9-11H,3-6,8H2,(H2,15,17). The molecule has 18 heavy (non-hydrogen) atoms. The van der Waals surface area contributed by atoms with Crippen LogP contribution < -0.4 is 5.73 Å². The van der Waals surface area contributed by atoms with Crippen LogP contribution in [0.5, 0.6) is 0 Å². The predicted molar refractivity (Wildman–Crippen MR) is 70.9 cm³/mol. The first-order valence-electron chi connectivity index (χ1n) is 6.89. The number of fused-ring (bicyclic) bond motifs is 1. The highest BCUT2D eigenvalue weighted by Crippen LogP contribution is 2.50. The summed E-state index contributed by atoms with van der Waals surface area (Å²) in [7, 11) is 0. The second-order valence-electron chi connectivity index (χ2n) is 5.77. The van der Waals surface area contributed by atoms with E-state index in [1.54, 1.807) is 0 Å². The Balaban J connectivity index is 1.70. The molecule has 0 spiro atoms. The van der Waals surface area contributed by atoms with Crippen LogP contribution in [0.1, 0.15) is 25.7 Å². The zero-order valence-corrected chi connectivity index (χ0v) is 10.4. The number of hydrogen-bond acceptors (Lipinski definition) is 3. The maximum absolute atomic E-state index is 6.05. The number of nitrogens with zero attached hydrogens (tertiary/aromatic N) is 3. The molecule has 0 bridgehead atoms. The summed E-state index contributed by atoms with van der Waals surface area (Å²) in [5, 5.41) is 0. The normalized spacial score (nSPS) is 19.8. The van der Waals surface area contributed by atoms with Gasteiger partial charge in [-0.3, -0.25) is 4.57 Å². The molecule has 0 aliphatic heterocycles. The van der Waals surface area contributed by atoms with Gasteiger partial charge in [0, 0.05) is 12.7 Å². The summed E-state index contributed by atoms with van der Waals surface area (Å²) in [4.78, 5) is 8.84. The Kier molecular flexibility index (Phi) is 2.13. The SMILES string of the molecule is Nc1nc2cccnc2n1CC(C1CC1)C1CC1. The van der Waals surface area contributed by atoms with Gasteiger partial charge in [0.05, 0.1) is 0 Å². The molecule has 2 heterocycles. The van der Waals surface area contributed by atoms with Gasteiger partial charge in [0.15, 0.2) is 5.65 Å². The fraction of sp³-hybridized carbons (Fsp3) is 0.571. The van der Waals surface area contributed by atoms with Crippen molar-refractivity contribution < 1.29 is 0 Å². The van der Waals surface area contributed by atoms with E-state index in [9.17, 15) is 0 Å². The molecular weight excluding hydrogens is 224 g/mol. The number of pyridine rings is 1. The summed E-state index contributed by atoms with van der Waals surface area (Å²) in [6.07, 6.45) is 7.44. The highest BCUT2D eigenvalue weighted by molar-refractivity contribution is 5.73. The van der Waals surface area contributed by atoms with Crippen LogP contribution in [0, 0.1) is 17.8 Å². The van der Waals surface area contributed by atoms with Gasteiger partial charge < -0.3 is 5.73 Å². The zero-order chi connectivity index (χ0) is 12.1.